The van der Waals surface area contributed by atoms with Gasteiger partial charge in [0.15, 0.2) is 11.6 Å². The number of anilines is 1. The first-order chi connectivity index (χ1) is 15.7. The first kappa shape index (κ1) is 21.8. The van der Waals surface area contributed by atoms with Gasteiger partial charge in [0.25, 0.3) is 11.6 Å². The lowest BCUT2D eigenvalue weighted by Gasteiger charge is -2.43. The van der Waals surface area contributed by atoms with E-state index >= 15 is 0 Å². The third-order valence-corrected chi connectivity index (χ3v) is 5.71. The Labute approximate surface area is 184 Å². The molecular formula is C20H19F5N6O2. The third kappa shape index (κ3) is 4.06. The molecule has 2 aromatic heterocycles. The Morgan fingerprint density at radius 3 is 2.79 bits per heavy atom. The van der Waals surface area contributed by atoms with Gasteiger partial charge in [-0.2, -0.15) is 22.7 Å². The summed E-state index contributed by atoms with van der Waals surface area (Å²) >= 11 is 0. The molecule has 1 saturated heterocycles. The molecule has 2 aliphatic rings. The number of fused-ring (bicyclic) bond motifs is 2. The van der Waals surface area contributed by atoms with Gasteiger partial charge in [0.2, 0.25) is 0 Å². The van der Waals surface area contributed by atoms with E-state index < -0.39 is 35.5 Å². The summed E-state index contributed by atoms with van der Waals surface area (Å²) < 4.78 is 80.2. The van der Waals surface area contributed by atoms with Gasteiger partial charge in [-0.05, 0) is 13.0 Å². The van der Waals surface area contributed by atoms with Gasteiger partial charge in [-0.1, -0.05) is 6.07 Å². The third-order valence-electron chi connectivity index (χ3n) is 5.71. The van der Waals surface area contributed by atoms with Crippen LogP contribution >= 0.6 is 0 Å². The van der Waals surface area contributed by atoms with E-state index in [0.717, 1.165) is 6.20 Å². The van der Waals surface area contributed by atoms with Crippen LogP contribution in [0.25, 0.3) is 5.78 Å². The lowest BCUT2D eigenvalue weighted by atomic mass is 9.94. The van der Waals surface area contributed by atoms with Gasteiger partial charge in [0.05, 0.1) is 31.0 Å². The highest BCUT2D eigenvalue weighted by molar-refractivity contribution is 5.50. The fraction of sp³-hybridized carbons (Fsp3) is 0.450. The van der Waals surface area contributed by atoms with E-state index in [1.807, 2.05) is 6.92 Å². The lowest BCUT2D eigenvalue weighted by molar-refractivity contribution is -0.144. The number of hydrogen-bond donors (Lipinski definition) is 1. The quantitative estimate of drug-likeness (QED) is 0.590. The number of halogens is 5. The summed E-state index contributed by atoms with van der Waals surface area (Å²) in [5, 5.41) is 6.41. The first-order valence-corrected chi connectivity index (χ1v) is 10.2. The number of rotatable bonds is 3. The second kappa shape index (κ2) is 8.06. The van der Waals surface area contributed by atoms with Crippen molar-refractivity contribution in [1.29, 1.82) is 0 Å². The van der Waals surface area contributed by atoms with Crippen LogP contribution in [-0.4, -0.2) is 62.9 Å². The van der Waals surface area contributed by atoms with Crippen molar-refractivity contribution in [2.75, 3.05) is 31.6 Å². The second-order valence-electron chi connectivity index (χ2n) is 7.96. The number of alkyl halides is 3. The molecule has 0 radical (unpaired) electrons. The summed E-state index contributed by atoms with van der Waals surface area (Å²) in [6.45, 7) is 3.69. The molecule has 0 aliphatic carbocycles. The van der Waals surface area contributed by atoms with Crippen molar-refractivity contribution >= 4 is 11.6 Å². The highest BCUT2D eigenvalue weighted by Gasteiger charge is 2.39. The summed E-state index contributed by atoms with van der Waals surface area (Å²) in [5.74, 6) is -3.33. The summed E-state index contributed by atoms with van der Waals surface area (Å²) in [7, 11) is 0. The predicted molar refractivity (Wildman–Crippen MR) is 105 cm³/mol. The average Bonchev–Trinajstić information content (AvgIpc) is 3.21. The zero-order valence-corrected chi connectivity index (χ0v) is 17.3. The van der Waals surface area contributed by atoms with Crippen molar-refractivity contribution in [3.8, 4) is 5.75 Å². The van der Waals surface area contributed by atoms with Gasteiger partial charge in [-0.3, -0.25) is 4.90 Å². The van der Waals surface area contributed by atoms with Crippen molar-refractivity contribution < 1.29 is 31.4 Å². The van der Waals surface area contributed by atoms with Crippen LogP contribution in [0.2, 0.25) is 0 Å². The molecule has 0 bridgehead atoms. The number of morpholine rings is 1. The Kier molecular flexibility index (Phi) is 5.32. The molecule has 8 nitrogen and oxygen atoms in total. The summed E-state index contributed by atoms with van der Waals surface area (Å²) in [5.41, 5.74) is 0.535. The minimum absolute atomic E-state index is 0.0527. The van der Waals surface area contributed by atoms with E-state index in [4.69, 9.17) is 9.47 Å². The molecule has 1 fully saturated rings. The highest BCUT2D eigenvalue weighted by atomic mass is 19.4. The molecule has 33 heavy (non-hydrogen) atoms. The van der Waals surface area contributed by atoms with E-state index in [2.05, 4.69) is 25.3 Å². The van der Waals surface area contributed by atoms with Gasteiger partial charge in [0.1, 0.15) is 18.2 Å². The minimum Gasteiger partial charge on any atom is -0.491 e. The molecule has 2 aliphatic heterocycles. The maximum Gasteiger partial charge on any atom is 0.453 e. The molecule has 5 rings (SSSR count). The van der Waals surface area contributed by atoms with Gasteiger partial charge in [-0.15, -0.1) is 5.10 Å². The zero-order chi connectivity index (χ0) is 23.3. The number of nitrogens with one attached hydrogen (secondary N) is 1. The standard InChI is InChI=1S/C20H19F5N6O2/c1-10-8-30(4-5-32-10)14-9-33-15-6-11(21)2-3-12(15)16(14)27-17-13(22)7-26-19-28-18(20(23,24)25)29-31(17)19/h2-3,6-7,10,14,16,27H,4-5,8-9H2,1H3/t10-,14+,16+/m1/s1. The molecule has 1 aromatic carbocycles. The lowest BCUT2D eigenvalue weighted by Crippen LogP contribution is -2.54. The summed E-state index contributed by atoms with van der Waals surface area (Å²) in [4.78, 5) is 9.07. The van der Waals surface area contributed by atoms with E-state index in [1.165, 1.54) is 18.2 Å². The molecule has 4 heterocycles. The van der Waals surface area contributed by atoms with Crippen molar-refractivity contribution in [1.82, 2.24) is 24.5 Å². The Morgan fingerprint density at radius 2 is 2.03 bits per heavy atom. The number of aromatic nitrogens is 4. The van der Waals surface area contributed by atoms with Crippen LogP contribution < -0.4 is 10.1 Å². The minimum atomic E-state index is -4.82. The van der Waals surface area contributed by atoms with Crippen LogP contribution in [0.15, 0.2) is 24.4 Å². The monoisotopic (exact) mass is 470 g/mol. The van der Waals surface area contributed by atoms with Crippen molar-refractivity contribution in [3.63, 3.8) is 0 Å². The van der Waals surface area contributed by atoms with Crippen LogP contribution in [0.4, 0.5) is 27.8 Å². The summed E-state index contributed by atoms with van der Waals surface area (Å²) in [6, 6.07) is 2.98. The maximum absolute atomic E-state index is 14.8. The van der Waals surface area contributed by atoms with E-state index in [-0.39, 0.29) is 30.3 Å². The van der Waals surface area contributed by atoms with E-state index in [9.17, 15) is 22.0 Å². The molecule has 0 amide bonds. The Hall–Kier alpha value is -3.06. The van der Waals surface area contributed by atoms with Crippen LogP contribution in [0.1, 0.15) is 24.4 Å². The Balaban J connectivity index is 1.58. The number of hydrogen-bond acceptors (Lipinski definition) is 7. The Morgan fingerprint density at radius 1 is 1.21 bits per heavy atom. The molecule has 0 saturated carbocycles. The van der Waals surface area contributed by atoms with Gasteiger partial charge in [-0.25, -0.2) is 13.8 Å². The SMILES string of the molecule is C[C@@H]1CN([C@H]2COc3cc(F)ccc3[C@@H]2Nc2c(F)cnc3nc(C(F)(F)F)nn23)CCO1. The first-order valence-electron chi connectivity index (χ1n) is 10.2. The van der Waals surface area contributed by atoms with Crippen molar-refractivity contribution in [2.45, 2.75) is 31.3 Å². The number of benzene rings is 1. The normalized spacial score (nSPS) is 23.9. The molecule has 176 valence electrons. The molecule has 1 N–H and O–H groups in total. The van der Waals surface area contributed by atoms with E-state index in [0.29, 0.717) is 29.8 Å². The smallest absolute Gasteiger partial charge is 0.453 e. The molecule has 0 unspecified atom stereocenters. The Bertz CT molecular complexity index is 1190. The summed E-state index contributed by atoms with van der Waals surface area (Å²) in [6.07, 6.45) is -4.09. The fourth-order valence-electron chi connectivity index (χ4n) is 4.22. The van der Waals surface area contributed by atoms with Crippen LogP contribution in [0.5, 0.6) is 5.75 Å². The molecule has 0 spiro atoms. The largest absolute Gasteiger partial charge is 0.491 e. The molecule has 3 atom stereocenters. The van der Waals surface area contributed by atoms with E-state index in [1.54, 1.807) is 0 Å². The fourth-order valence-corrected chi connectivity index (χ4v) is 4.22. The number of ether oxygens (including phenoxy) is 2. The van der Waals surface area contributed by atoms with Gasteiger partial charge in [0, 0.05) is 24.7 Å². The van der Waals surface area contributed by atoms with Crippen LogP contribution in [0, 0.1) is 11.6 Å². The van der Waals surface area contributed by atoms with Gasteiger partial charge < -0.3 is 14.8 Å². The van der Waals surface area contributed by atoms with Crippen LogP contribution in [-0.2, 0) is 10.9 Å². The predicted octanol–water partition coefficient (Wildman–Crippen LogP) is 3.06. The number of nitrogens with zero attached hydrogens (tertiary/aromatic N) is 5. The molecular weight excluding hydrogens is 451 g/mol. The molecule has 13 heteroatoms. The zero-order valence-electron chi connectivity index (χ0n) is 17.3. The molecule has 3 aromatic rings. The average molecular weight is 470 g/mol. The van der Waals surface area contributed by atoms with Crippen LogP contribution in [0.3, 0.4) is 0 Å². The maximum atomic E-state index is 14.8. The van der Waals surface area contributed by atoms with Gasteiger partial charge >= 0.3 is 6.18 Å². The topological polar surface area (TPSA) is 76.8 Å². The van der Waals surface area contributed by atoms with Crippen molar-refractivity contribution in [2.24, 2.45) is 0 Å². The highest BCUT2D eigenvalue weighted by Crippen LogP contribution is 2.38. The van der Waals surface area contributed by atoms with Crippen molar-refractivity contribution in [3.05, 3.63) is 47.4 Å². The second-order valence-corrected chi connectivity index (χ2v) is 7.96.